The Morgan fingerprint density at radius 1 is 1.13 bits per heavy atom. The number of hydrogen-bond donors (Lipinski definition) is 2. The van der Waals surface area contributed by atoms with Crippen molar-refractivity contribution in [3.05, 3.63) is 51.0 Å². The van der Waals surface area contributed by atoms with Crippen molar-refractivity contribution in [2.24, 2.45) is 4.99 Å². The Morgan fingerprint density at radius 2 is 1.83 bits per heavy atom. The molecule has 0 spiro atoms. The van der Waals surface area contributed by atoms with E-state index < -0.39 is 0 Å². The topological polar surface area (TPSA) is 49.3 Å². The van der Waals surface area contributed by atoms with Crippen molar-refractivity contribution >= 4 is 41.3 Å². The van der Waals surface area contributed by atoms with Gasteiger partial charge >= 0.3 is 0 Å². The third-order valence-corrected chi connectivity index (χ3v) is 4.54. The molecule has 0 aliphatic heterocycles. The number of nitrogens with zero attached hydrogens (tertiary/aromatic N) is 2. The first kappa shape index (κ1) is 19.9. The van der Waals surface area contributed by atoms with Gasteiger partial charge in [-0.1, -0.05) is 29.8 Å². The van der Waals surface area contributed by atoms with E-state index in [0.717, 1.165) is 36.2 Å². The van der Waals surface area contributed by atoms with Gasteiger partial charge in [-0.25, -0.2) is 4.98 Å². The largest absolute Gasteiger partial charge is 0.356 e. The molecular weight excluding hydrogens is 419 g/mol. The van der Waals surface area contributed by atoms with E-state index in [0.29, 0.717) is 0 Å². The monoisotopic (exact) mass is 444 g/mol. The number of aromatic nitrogens is 1. The van der Waals surface area contributed by atoms with Gasteiger partial charge in [0.2, 0.25) is 0 Å². The lowest BCUT2D eigenvalue weighted by Gasteiger charge is -2.11. The van der Waals surface area contributed by atoms with Gasteiger partial charge in [-0.2, -0.15) is 0 Å². The predicted molar refractivity (Wildman–Crippen MR) is 110 cm³/mol. The maximum Gasteiger partial charge on any atom is 0.191 e. The summed E-state index contributed by atoms with van der Waals surface area (Å²) in [6.07, 6.45) is 0.986. The molecule has 0 aliphatic carbocycles. The fourth-order valence-corrected chi connectivity index (χ4v) is 3.08. The number of halogens is 1. The molecule has 1 aromatic heterocycles. The minimum Gasteiger partial charge on any atom is -0.356 e. The Labute approximate surface area is 159 Å². The van der Waals surface area contributed by atoms with Crippen LogP contribution in [0, 0.1) is 20.8 Å². The normalized spacial score (nSPS) is 11.0. The van der Waals surface area contributed by atoms with Gasteiger partial charge in [0.15, 0.2) is 5.96 Å². The lowest BCUT2D eigenvalue weighted by Crippen LogP contribution is -2.37. The standard InChI is InChI=1S/C17H24N4S.HI/c1-12-5-7-15(8-6-12)9-10-19-17(18-4)20-11-16-13(2)21-14(3)22-16;/h5-8H,9-11H2,1-4H3,(H2,18,19,20);1H. The van der Waals surface area contributed by atoms with E-state index >= 15 is 0 Å². The van der Waals surface area contributed by atoms with E-state index in [1.54, 1.807) is 18.4 Å². The molecule has 0 atom stereocenters. The van der Waals surface area contributed by atoms with Crippen LogP contribution >= 0.6 is 35.3 Å². The molecular formula is C17H25IN4S. The summed E-state index contributed by atoms with van der Waals surface area (Å²) < 4.78 is 0. The van der Waals surface area contributed by atoms with Crippen molar-refractivity contribution in [3.8, 4) is 0 Å². The molecule has 126 valence electrons. The van der Waals surface area contributed by atoms with Crippen molar-refractivity contribution in [3.63, 3.8) is 0 Å². The molecule has 0 bridgehead atoms. The maximum absolute atomic E-state index is 4.44. The predicted octanol–water partition coefficient (Wildman–Crippen LogP) is 3.59. The second kappa shape index (κ2) is 9.87. The van der Waals surface area contributed by atoms with Gasteiger partial charge < -0.3 is 10.6 Å². The highest BCUT2D eigenvalue weighted by Gasteiger charge is 2.05. The van der Waals surface area contributed by atoms with Crippen LogP contribution in [0.2, 0.25) is 0 Å². The zero-order valence-corrected chi connectivity index (χ0v) is 17.3. The van der Waals surface area contributed by atoms with Gasteiger partial charge in [0, 0.05) is 18.5 Å². The lowest BCUT2D eigenvalue weighted by molar-refractivity contribution is 0.796. The zero-order valence-electron chi connectivity index (χ0n) is 14.1. The summed E-state index contributed by atoms with van der Waals surface area (Å²) in [4.78, 5) is 9.97. The maximum atomic E-state index is 4.44. The van der Waals surface area contributed by atoms with Crippen molar-refractivity contribution in [2.75, 3.05) is 13.6 Å². The van der Waals surface area contributed by atoms with Crippen LogP contribution < -0.4 is 10.6 Å². The van der Waals surface area contributed by atoms with E-state index in [2.05, 4.69) is 51.8 Å². The number of nitrogens with one attached hydrogen (secondary N) is 2. The number of aliphatic imine (C=N–C) groups is 1. The van der Waals surface area contributed by atoms with Crippen LogP contribution in [0.3, 0.4) is 0 Å². The quantitative estimate of drug-likeness (QED) is 0.421. The third-order valence-electron chi connectivity index (χ3n) is 3.47. The summed E-state index contributed by atoms with van der Waals surface area (Å²) in [5, 5.41) is 7.80. The van der Waals surface area contributed by atoms with Gasteiger partial charge in [0.1, 0.15) is 0 Å². The smallest absolute Gasteiger partial charge is 0.191 e. The van der Waals surface area contributed by atoms with E-state index in [9.17, 15) is 0 Å². The molecule has 4 nitrogen and oxygen atoms in total. The van der Waals surface area contributed by atoms with E-state index in [1.165, 1.54) is 16.0 Å². The van der Waals surface area contributed by atoms with Crippen LogP contribution in [-0.4, -0.2) is 24.5 Å². The van der Waals surface area contributed by atoms with Gasteiger partial charge in [0.05, 0.1) is 17.2 Å². The second-order valence-electron chi connectivity index (χ2n) is 5.33. The van der Waals surface area contributed by atoms with Crippen LogP contribution in [0.25, 0.3) is 0 Å². The third kappa shape index (κ3) is 6.47. The van der Waals surface area contributed by atoms with Gasteiger partial charge in [-0.15, -0.1) is 35.3 Å². The number of aryl methyl sites for hydroxylation is 3. The minimum absolute atomic E-state index is 0. The zero-order chi connectivity index (χ0) is 15.9. The number of thiazole rings is 1. The number of hydrogen-bond acceptors (Lipinski definition) is 3. The van der Waals surface area contributed by atoms with Crippen LogP contribution in [0.5, 0.6) is 0 Å². The molecule has 0 saturated carbocycles. The number of benzene rings is 1. The molecule has 0 aliphatic rings. The molecule has 0 saturated heterocycles. The molecule has 1 aromatic carbocycles. The average Bonchev–Trinajstić information content (AvgIpc) is 2.82. The highest BCUT2D eigenvalue weighted by molar-refractivity contribution is 14.0. The molecule has 2 N–H and O–H groups in total. The summed E-state index contributed by atoms with van der Waals surface area (Å²) >= 11 is 1.73. The summed E-state index contributed by atoms with van der Waals surface area (Å²) in [7, 11) is 1.80. The summed E-state index contributed by atoms with van der Waals surface area (Å²) in [5.41, 5.74) is 3.73. The first-order chi connectivity index (χ1) is 10.6. The Balaban J connectivity index is 0.00000264. The van der Waals surface area contributed by atoms with E-state index in [1.807, 2.05) is 13.8 Å². The highest BCUT2D eigenvalue weighted by Crippen LogP contribution is 2.16. The van der Waals surface area contributed by atoms with Gasteiger partial charge in [0.25, 0.3) is 0 Å². The van der Waals surface area contributed by atoms with Gasteiger partial charge in [-0.3, -0.25) is 4.99 Å². The Hall–Kier alpha value is -1.15. The molecule has 2 aromatic rings. The van der Waals surface area contributed by atoms with Crippen LogP contribution in [-0.2, 0) is 13.0 Å². The fraction of sp³-hybridized carbons (Fsp3) is 0.412. The Morgan fingerprint density at radius 3 is 2.39 bits per heavy atom. The first-order valence-corrected chi connectivity index (χ1v) is 8.33. The Kier molecular flexibility index (Phi) is 8.54. The van der Waals surface area contributed by atoms with Crippen LogP contribution in [0.1, 0.15) is 26.7 Å². The lowest BCUT2D eigenvalue weighted by atomic mass is 10.1. The molecule has 0 fully saturated rings. The Bertz CT molecular complexity index is 635. The minimum atomic E-state index is 0. The van der Waals surface area contributed by atoms with E-state index in [-0.39, 0.29) is 24.0 Å². The first-order valence-electron chi connectivity index (χ1n) is 7.51. The van der Waals surface area contributed by atoms with Crippen molar-refractivity contribution in [1.82, 2.24) is 15.6 Å². The number of guanidine groups is 1. The highest BCUT2D eigenvalue weighted by atomic mass is 127. The molecule has 2 rings (SSSR count). The summed E-state index contributed by atoms with van der Waals surface area (Å²) in [6, 6.07) is 8.65. The summed E-state index contributed by atoms with van der Waals surface area (Å²) in [5.74, 6) is 0.831. The molecule has 0 unspecified atom stereocenters. The van der Waals surface area contributed by atoms with Crippen LogP contribution in [0.4, 0.5) is 0 Å². The van der Waals surface area contributed by atoms with Gasteiger partial charge in [-0.05, 0) is 32.8 Å². The number of rotatable bonds is 5. The molecule has 0 radical (unpaired) electrons. The average molecular weight is 444 g/mol. The molecule has 23 heavy (non-hydrogen) atoms. The van der Waals surface area contributed by atoms with E-state index in [4.69, 9.17) is 0 Å². The fourth-order valence-electron chi connectivity index (χ4n) is 2.20. The SMILES string of the molecule is CN=C(NCCc1ccc(C)cc1)NCc1sc(C)nc1C.I. The van der Waals surface area contributed by atoms with Crippen molar-refractivity contribution < 1.29 is 0 Å². The summed E-state index contributed by atoms with van der Waals surface area (Å²) in [6.45, 7) is 7.83. The van der Waals surface area contributed by atoms with Crippen molar-refractivity contribution in [1.29, 1.82) is 0 Å². The molecule has 1 heterocycles. The molecule has 6 heteroatoms. The van der Waals surface area contributed by atoms with Crippen molar-refractivity contribution in [2.45, 2.75) is 33.7 Å². The second-order valence-corrected chi connectivity index (χ2v) is 6.62. The molecule has 0 amide bonds. The van der Waals surface area contributed by atoms with Crippen LogP contribution in [0.15, 0.2) is 29.3 Å².